The Morgan fingerprint density at radius 3 is 2.16 bits per heavy atom. The van der Waals surface area contributed by atoms with E-state index in [9.17, 15) is 44.3 Å². The lowest BCUT2D eigenvalue weighted by molar-refractivity contribution is -0.356. The van der Waals surface area contributed by atoms with Gasteiger partial charge in [0, 0.05) is 5.69 Å². The van der Waals surface area contributed by atoms with E-state index in [1.165, 1.54) is 6.08 Å². The largest absolute Gasteiger partial charge is 0.445 e. The number of hydrogen-bond donors (Lipinski definition) is 2. The molecule has 1 rings (SSSR count). The summed E-state index contributed by atoms with van der Waals surface area (Å²) >= 11 is 0. The lowest BCUT2D eigenvalue weighted by Gasteiger charge is -2.35. The first-order valence-electron chi connectivity index (χ1n) is 8.17. The van der Waals surface area contributed by atoms with Gasteiger partial charge in [-0.2, -0.15) is 34.8 Å². The molecule has 0 heterocycles. The third kappa shape index (κ3) is 6.62. The fraction of sp³-hybridized carbons (Fsp3) is 0.375. The van der Waals surface area contributed by atoms with Crippen LogP contribution in [0.25, 0.3) is 0 Å². The Morgan fingerprint density at radius 1 is 1.16 bits per heavy atom. The van der Waals surface area contributed by atoms with Crippen LogP contribution in [-0.4, -0.2) is 63.2 Å². The molecule has 0 aliphatic heterocycles. The van der Waals surface area contributed by atoms with Crippen LogP contribution in [0.15, 0.2) is 30.9 Å². The lowest BCUT2D eigenvalue weighted by Crippen LogP contribution is -2.63. The van der Waals surface area contributed by atoms with E-state index in [1.807, 2.05) is 0 Å². The average Bonchev–Trinajstić information content (AvgIpc) is 2.63. The van der Waals surface area contributed by atoms with E-state index >= 15 is 0 Å². The zero-order valence-electron chi connectivity index (χ0n) is 15.8. The van der Waals surface area contributed by atoms with Crippen LogP contribution in [0.1, 0.15) is 15.9 Å². The van der Waals surface area contributed by atoms with Gasteiger partial charge in [-0.1, -0.05) is 19.0 Å². The fourth-order valence-corrected chi connectivity index (χ4v) is 3.14. The first kappa shape index (κ1) is 27.3. The summed E-state index contributed by atoms with van der Waals surface area (Å²) in [5.41, 5.74) is -6.65. The summed E-state index contributed by atoms with van der Waals surface area (Å²) < 4.78 is 118. The van der Waals surface area contributed by atoms with Gasteiger partial charge in [-0.25, -0.2) is 9.59 Å². The topological polar surface area (TPSA) is 119 Å². The monoisotopic (exact) mass is 489 g/mol. The molecule has 176 valence electrons. The standard InChI is InChI=1S/C16H14BF6NO7S/c1-2-5-30-13(26)24-11-4-3-9(6-10(11)7-17)12(25)31-14(15(18,19)20,16(21,22)23)8-32(27,28)29/h2-4,6H,1,5,7-8H2,(H,24,26)(H,27,28,29). The van der Waals surface area contributed by atoms with Crippen molar-refractivity contribution in [2.45, 2.75) is 24.3 Å². The van der Waals surface area contributed by atoms with Gasteiger partial charge in [-0.05, 0) is 23.8 Å². The van der Waals surface area contributed by atoms with Gasteiger partial charge in [0.2, 0.25) is 0 Å². The minimum Gasteiger partial charge on any atom is -0.445 e. The molecule has 1 amide bonds. The predicted octanol–water partition coefficient (Wildman–Crippen LogP) is 3.00. The van der Waals surface area contributed by atoms with E-state index in [-0.39, 0.29) is 17.9 Å². The zero-order valence-corrected chi connectivity index (χ0v) is 16.6. The molecule has 2 radical (unpaired) electrons. The van der Waals surface area contributed by atoms with Gasteiger partial charge in [0.05, 0.1) is 13.4 Å². The number of nitrogens with one attached hydrogen (secondary N) is 1. The van der Waals surface area contributed by atoms with E-state index in [4.69, 9.17) is 12.4 Å². The SMILES string of the molecule is [B]Cc1cc(C(=O)OC(CS(=O)(=O)O)(C(F)(F)F)C(F)(F)F)ccc1NC(=O)OCC=C. The number of carbonyl (C=O) groups excluding carboxylic acids is 2. The van der Waals surface area contributed by atoms with E-state index < -0.39 is 57.8 Å². The van der Waals surface area contributed by atoms with E-state index in [2.05, 4.69) is 21.4 Å². The third-order valence-electron chi connectivity index (χ3n) is 3.70. The van der Waals surface area contributed by atoms with Crippen molar-refractivity contribution in [2.75, 3.05) is 17.7 Å². The molecule has 0 saturated carbocycles. The number of carbonyl (C=O) groups is 2. The van der Waals surface area contributed by atoms with Gasteiger partial charge in [-0.15, -0.1) is 0 Å². The Bertz CT molecular complexity index is 964. The van der Waals surface area contributed by atoms with Crippen molar-refractivity contribution in [3.8, 4) is 0 Å². The molecule has 0 bridgehead atoms. The minimum absolute atomic E-state index is 0.0889. The van der Waals surface area contributed by atoms with Crippen LogP contribution in [-0.2, 0) is 25.9 Å². The summed E-state index contributed by atoms with van der Waals surface area (Å²) in [5, 5.41) is 2.18. The maximum atomic E-state index is 13.3. The van der Waals surface area contributed by atoms with Crippen LogP contribution in [0.2, 0.25) is 0 Å². The van der Waals surface area contributed by atoms with Crippen molar-refractivity contribution < 1.29 is 58.4 Å². The number of halogens is 6. The van der Waals surface area contributed by atoms with Crippen molar-refractivity contribution in [1.82, 2.24) is 0 Å². The highest BCUT2D eigenvalue weighted by Crippen LogP contribution is 2.47. The summed E-state index contributed by atoms with van der Waals surface area (Å²) in [7, 11) is -0.510. The molecule has 0 fully saturated rings. The van der Waals surface area contributed by atoms with E-state index in [1.54, 1.807) is 0 Å². The first-order valence-corrected chi connectivity index (χ1v) is 9.78. The summed E-state index contributed by atoms with van der Waals surface area (Å²) in [6, 6.07) is 2.32. The number of alkyl halides is 6. The van der Waals surface area contributed by atoms with Gasteiger partial charge < -0.3 is 9.47 Å². The van der Waals surface area contributed by atoms with Crippen LogP contribution in [0.5, 0.6) is 0 Å². The second-order valence-corrected chi connectivity index (χ2v) is 7.48. The molecular weight excluding hydrogens is 475 g/mol. The highest BCUT2D eigenvalue weighted by atomic mass is 32.2. The van der Waals surface area contributed by atoms with Crippen LogP contribution >= 0.6 is 0 Å². The van der Waals surface area contributed by atoms with Crippen molar-refractivity contribution in [2.24, 2.45) is 0 Å². The van der Waals surface area contributed by atoms with Gasteiger partial charge in [0.1, 0.15) is 12.4 Å². The molecule has 1 aromatic carbocycles. The summed E-state index contributed by atoms with van der Waals surface area (Å²) in [6.07, 6.45) is -13.1. The molecule has 0 saturated heterocycles. The maximum Gasteiger partial charge on any atom is 0.438 e. The maximum absolute atomic E-state index is 13.3. The molecule has 0 unspecified atom stereocenters. The quantitative estimate of drug-likeness (QED) is 0.190. The Labute approximate surface area is 178 Å². The Hall–Kier alpha value is -2.75. The lowest BCUT2D eigenvalue weighted by atomic mass is 9.94. The van der Waals surface area contributed by atoms with Crippen LogP contribution < -0.4 is 5.32 Å². The van der Waals surface area contributed by atoms with Gasteiger partial charge in [-0.3, -0.25) is 9.87 Å². The molecule has 0 atom stereocenters. The number of esters is 1. The number of hydrogen-bond acceptors (Lipinski definition) is 6. The summed E-state index contributed by atoms with van der Waals surface area (Å²) in [5.74, 6) is -5.24. The second-order valence-electron chi connectivity index (χ2n) is 6.03. The Morgan fingerprint density at radius 2 is 1.72 bits per heavy atom. The number of amides is 1. The molecule has 1 aromatic rings. The molecule has 2 N–H and O–H groups in total. The van der Waals surface area contributed by atoms with Crippen molar-refractivity contribution in [3.05, 3.63) is 42.0 Å². The highest BCUT2D eigenvalue weighted by molar-refractivity contribution is 7.85. The molecule has 0 aliphatic rings. The molecular formula is C16H14BF6NO7S. The third-order valence-corrected chi connectivity index (χ3v) is 4.47. The van der Waals surface area contributed by atoms with E-state index in [0.717, 1.165) is 12.1 Å². The summed E-state index contributed by atoms with van der Waals surface area (Å²) in [4.78, 5) is 23.7. The zero-order chi connectivity index (χ0) is 25.0. The number of ether oxygens (including phenoxy) is 2. The van der Waals surface area contributed by atoms with Gasteiger partial charge in [0.15, 0.2) is 0 Å². The van der Waals surface area contributed by atoms with E-state index in [0.29, 0.717) is 6.07 Å². The second kappa shape index (κ2) is 9.81. The molecule has 32 heavy (non-hydrogen) atoms. The van der Waals surface area contributed by atoms with Crippen LogP contribution in [0.3, 0.4) is 0 Å². The van der Waals surface area contributed by atoms with Crippen LogP contribution in [0.4, 0.5) is 36.8 Å². The van der Waals surface area contributed by atoms with Gasteiger partial charge >= 0.3 is 30.0 Å². The number of rotatable bonds is 8. The smallest absolute Gasteiger partial charge is 0.438 e. The van der Waals surface area contributed by atoms with Gasteiger partial charge in [0.25, 0.3) is 10.1 Å². The molecule has 0 aliphatic carbocycles. The predicted molar refractivity (Wildman–Crippen MR) is 97.7 cm³/mol. The minimum atomic E-state index is -6.47. The Kier molecular flexibility index (Phi) is 8.37. The molecule has 16 heteroatoms. The van der Waals surface area contributed by atoms with Crippen LogP contribution in [0, 0.1) is 0 Å². The Balaban J connectivity index is 3.37. The van der Waals surface area contributed by atoms with Crippen molar-refractivity contribution in [1.29, 1.82) is 0 Å². The van der Waals surface area contributed by atoms with Crippen molar-refractivity contribution in [3.63, 3.8) is 0 Å². The molecule has 0 spiro atoms. The van der Waals surface area contributed by atoms with Crippen molar-refractivity contribution >= 4 is 35.7 Å². The normalized spacial score (nSPS) is 12.7. The summed E-state index contributed by atoms with van der Waals surface area (Å²) in [6.45, 7) is 3.12. The number of benzene rings is 1. The average molecular weight is 489 g/mol. The number of anilines is 1. The first-order chi connectivity index (χ1) is 14.5. The highest BCUT2D eigenvalue weighted by Gasteiger charge is 2.76. The molecule has 0 aromatic heterocycles. The fourth-order valence-electron chi connectivity index (χ4n) is 2.24. The molecule has 8 nitrogen and oxygen atoms in total.